The number of amides is 2. The molecule has 0 saturated carbocycles. The third-order valence-electron chi connectivity index (χ3n) is 4.50. The number of hydrogen-bond acceptors (Lipinski definition) is 6. The number of hydrogen-bond donors (Lipinski definition) is 3. The van der Waals surface area contributed by atoms with Gasteiger partial charge in [0.25, 0.3) is 11.8 Å². The molecule has 1 aliphatic heterocycles. The van der Waals surface area contributed by atoms with Crippen molar-refractivity contribution in [3.63, 3.8) is 0 Å². The summed E-state index contributed by atoms with van der Waals surface area (Å²) in [6.45, 7) is 3.65. The fourth-order valence-corrected chi connectivity index (χ4v) is 3.95. The molecule has 9 nitrogen and oxygen atoms in total. The van der Waals surface area contributed by atoms with Gasteiger partial charge < -0.3 is 9.47 Å². The molecule has 0 fully saturated rings. The van der Waals surface area contributed by atoms with Crippen LogP contribution in [0.3, 0.4) is 0 Å². The Labute approximate surface area is 174 Å². The predicted molar refractivity (Wildman–Crippen MR) is 108 cm³/mol. The van der Waals surface area contributed by atoms with Crippen molar-refractivity contribution in [1.82, 2.24) is 15.6 Å². The normalized spacial score (nSPS) is 16.4. The molecule has 0 saturated heterocycles. The number of ether oxygens (including phenoxy) is 2. The Balaban J connectivity index is 1.56. The Morgan fingerprint density at radius 1 is 1.07 bits per heavy atom. The molecule has 2 unspecified atom stereocenters. The topological polar surface area (TPSA) is 123 Å². The van der Waals surface area contributed by atoms with Gasteiger partial charge in [-0.3, -0.25) is 20.4 Å². The molecule has 10 heteroatoms. The van der Waals surface area contributed by atoms with Crippen molar-refractivity contribution >= 4 is 21.8 Å². The van der Waals surface area contributed by atoms with Gasteiger partial charge in [-0.2, -0.15) is 0 Å². The quantitative estimate of drug-likeness (QED) is 0.591. The second-order valence-electron chi connectivity index (χ2n) is 6.76. The smallest absolute Gasteiger partial charge is 0.283 e. The zero-order chi connectivity index (χ0) is 21.7. The summed E-state index contributed by atoms with van der Waals surface area (Å²) in [6, 6.07) is 12.1. The summed E-state index contributed by atoms with van der Waals surface area (Å²) < 4.78 is 38.1. The van der Waals surface area contributed by atoms with Crippen LogP contribution in [0.15, 0.2) is 53.4 Å². The molecular formula is C20H23N3O6S. The lowest BCUT2D eigenvalue weighted by atomic mass is 10.2. The highest BCUT2D eigenvalue weighted by Crippen LogP contribution is 2.30. The SMILES string of the molecule is CCC(C)NS(=O)(=O)c1ccc(C(=O)NNC(=O)C2COc3ccccc3O2)cc1. The van der Waals surface area contributed by atoms with Crippen LogP contribution in [0.4, 0.5) is 0 Å². The fraction of sp³-hybridized carbons (Fsp3) is 0.300. The molecule has 3 N–H and O–H groups in total. The molecular weight excluding hydrogens is 410 g/mol. The lowest BCUT2D eigenvalue weighted by molar-refractivity contribution is -0.131. The second kappa shape index (κ2) is 9.14. The second-order valence-corrected chi connectivity index (χ2v) is 8.48. The van der Waals surface area contributed by atoms with E-state index in [2.05, 4.69) is 15.6 Å². The first-order chi connectivity index (χ1) is 14.3. The minimum atomic E-state index is -3.66. The van der Waals surface area contributed by atoms with Crippen molar-refractivity contribution in [3.8, 4) is 11.5 Å². The molecule has 2 atom stereocenters. The average Bonchev–Trinajstić information content (AvgIpc) is 2.76. The average molecular weight is 433 g/mol. The van der Waals surface area contributed by atoms with Crippen LogP contribution >= 0.6 is 0 Å². The number of carbonyl (C=O) groups is 2. The van der Waals surface area contributed by atoms with Crippen molar-refractivity contribution in [1.29, 1.82) is 0 Å². The zero-order valence-electron chi connectivity index (χ0n) is 16.5. The van der Waals surface area contributed by atoms with E-state index < -0.39 is 27.9 Å². The van der Waals surface area contributed by atoms with Gasteiger partial charge in [-0.05, 0) is 49.7 Å². The highest BCUT2D eigenvalue weighted by Gasteiger charge is 2.27. The summed E-state index contributed by atoms with van der Waals surface area (Å²) in [5, 5.41) is 0. The van der Waals surface area contributed by atoms with Gasteiger partial charge in [0.1, 0.15) is 6.61 Å². The fourth-order valence-electron chi connectivity index (χ4n) is 2.62. The van der Waals surface area contributed by atoms with Crippen molar-refractivity contribution in [2.24, 2.45) is 0 Å². The maximum atomic E-state index is 12.3. The Hall–Kier alpha value is -3.11. The van der Waals surface area contributed by atoms with Crippen LogP contribution in [-0.4, -0.2) is 39.0 Å². The Kier molecular flexibility index (Phi) is 6.58. The van der Waals surface area contributed by atoms with Crippen LogP contribution in [0.25, 0.3) is 0 Å². The first-order valence-corrected chi connectivity index (χ1v) is 10.9. The molecule has 2 aromatic rings. The Morgan fingerprint density at radius 3 is 2.40 bits per heavy atom. The molecule has 1 aliphatic rings. The van der Waals surface area contributed by atoms with E-state index in [9.17, 15) is 18.0 Å². The van der Waals surface area contributed by atoms with Gasteiger partial charge in [0.15, 0.2) is 11.5 Å². The maximum absolute atomic E-state index is 12.3. The lowest BCUT2D eigenvalue weighted by Gasteiger charge is -2.25. The highest BCUT2D eigenvalue weighted by molar-refractivity contribution is 7.89. The van der Waals surface area contributed by atoms with Crippen LogP contribution in [-0.2, 0) is 14.8 Å². The van der Waals surface area contributed by atoms with Crippen molar-refractivity contribution in [2.45, 2.75) is 37.3 Å². The first kappa shape index (κ1) is 21.6. The molecule has 2 amide bonds. The van der Waals surface area contributed by atoms with Gasteiger partial charge in [-0.15, -0.1) is 0 Å². The molecule has 30 heavy (non-hydrogen) atoms. The maximum Gasteiger partial charge on any atom is 0.283 e. The van der Waals surface area contributed by atoms with Gasteiger partial charge in [-0.1, -0.05) is 19.1 Å². The van der Waals surface area contributed by atoms with E-state index in [0.29, 0.717) is 17.9 Å². The number of benzene rings is 2. The minimum absolute atomic E-state index is 0.00839. The van der Waals surface area contributed by atoms with Crippen LogP contribution in [0.2, 0.25) is 0 Å². The van der Waals surface area contributed by atoms with E-state index in [-0.39, 0.29) is 23.1 Å². The van der Waals surface area contributed by atoms with E-state index in [4.69, 9.17) is 9.47 Å². The molecule has 2 aromatic carbocycles. The summed E-state index contributed by atoms with van der Waals surface area (Å²) in [4.78, 5) is 24.5. The van der Waals surface area contributed by atoms with E-state index in [1.165, 1.54) is 24.3 Å². The zero-order valence-corrected chi connectivity index (χ0v) is 17.4. The van der Waals surface area contributed by atoms with Gasteiger partial charge in [-0.25, -0.2) is 13.1 Å². The van der Waals surface area contributed by atoms with Gasteiger partial charge >= 0.3 is 0 Å². The molecule has 0 bridgehead atoms. The summed E-state index contributed by atoms with van der Waals surface area (Å²) in [6.07, 6.45) is -0.264. The number of carbonyl (C=O) groups excluding carboxylic acids is 2. The van der Waals surface area contributed by atoms with Gasteiger partial charge in [0, 0.05) is 11.6 Å². The van der Waals surface area contributed by atoms with E-state index in [0.717, 1.165) is 0 Å². The first-order valence-electron chi connectivity index (χ1n) is 9.41. The number of rotatable bonds is 6. The van der Waals surface area contributed by atoms with Crippen LogP contribution in [0.1, 0.15) is 30.6 Å². The van der Waals surface area contributed by atoms with E-state index in [1.807, 2.05) is 6.92 Å². The van der Waals surface area contributed by atoms with Gasteiger partial charge in [0.05, 0.1) is 4.90 Å². The summed E-state index contributed by atoms with van der Waals surface area (Å²) in [7, 11) is -3.66. The van der Waals surface area contributed by atoms with Gasteiger partial charge in [0.2, 0.25) is 16.1 Å². The summed E-state index contributed by atoms with van der Waals surface area (Å²) in [5.74, 6) is -0.185. The number of para-hydroxylation sites is 2. The van der Waals surface area contributed by atoms with E-state index in [1.54, 1.807) is 31.2 Å². The molecule has 0 radical (unpaired) electrons. The lowest BCUT2D eigenvalue weighted by Crippen LogP contribution is -2.50. The Morgan fingerprint density at radius 2 is 1.73 bits per heavy atom. The molecule has 0 aromatic heterocycles. The number of nitrogens with one attached hydrogen (secondary N) is 3. The highest BCUT2D eigenvalue weighted by atomic mass is 32.2. The number of hydrazine groups is 1. The summed E-state index contributed by atoms with van der Waals surface area (Å²) in [5.41, 5.74) is 4.75. The molecule has 0 aliphatic carbocycles. The predicted octanol–water partition coefficient (Wildman–Crippen LogP) is 1.36. The van der Waals surface area contributed by atoms with Crippen LogP contribution in [0.5, 0.6) is 11.5 Å². The van der Waals surface area contributed by atoms with Crippen molar-refractivity contribution in [2.75, 3.05) is 6.61 Å². The van der Waals surface area contributed by atoms with E-state index >= 15 is 0 Å². The minimum Gasteiger partial charge on any atom is -0.485 e. The third kappa shape index (κ3) is 5.08. The van der Waals surface area contributed by atoms with Crippen LogP contribution in [0, 0.1) is 0 Å². The number of fused-ring (bicyclic) bond motifs is 1. The monoisotopic (exact) mass is 433 g/mol. The standard InChI is InChI=1S/C20H23N3O6S/c1-3-13(2)23-30(26,27)15-10-8-14(9-11-15)19(24)21-22-20(25)18-12-28-16-6-4-5-7-17(16)29-18/h4-11,13,18,23H,3,12H2,1-2H3,(H,21,24)(H,22,25). The molecule has 160 valence electrons. The summed E-state index contributed by atoms with van der Waals surface area (Å²) >= 11 is 0. The van der Waals surface area contributed by atoms with Crippen molar-refractivity contribution < 1.29 is 27.5 Å². The largest absolute Gasteiger partial charge is 0.485 e. The molecule has 0 spiro atoms. The Bertz CT molecular complexity index is 1020. The third-order valence-corrected chi connectivity index (χ3v) is 6.10. The van der Waals surface area contributed by atoms with Crippen LogP contribution < -0.4 is 25.0 Å². The molecule has 1 heterocycles. The molecule has 3 rings (SSSR count). The number of sulfonamides is 1. The van der Waals surface area contributed by atoms with Crippen molar-refractivity contribution in [3.05, 3.63) is 54.1 Å².